The minimum absolute atomic E-state index is 0.441. The van der Waals surface area contributed by atoms with Gasteiger partial charge in [0.1, 0.15) is 6.10 Å². The van der Waals surface area contributed by atoms with Crippen molar-refractivity contribution in [3.8, 4) is 0 Å². The number of hydrogen-bond acceptors (Lipinski definition) is 4. The Morgan fingerprint density at radius 2 is 2.20 bits per heavy atom. The fourth-order valence-corrected chi connectivity index (χ4v) is 0.963. The summed E-state index contributed by atoms with van der Waals surface area (Å²) in [5.41, 5.74) is 0. The number of aliphatic hydroxyl groups is 2. The summed E-state index contributed by atoms with van der Waals surface area (Å²) in [5, 5.41) is 18.2. The van der Waals surface area contributed by atoms with Crippen LogP contribution in [-0.4, -0.2) is 42.4 Å². The molecular formula is C6H12O4. The number of ether oxygens (including phenoxy) is 2. The second-order valence-corrected chi connectivity index (χ2v) is 2.32. The van der Waals surface area contributed by atoms with E-state index < -0.39 is 18.5 Å². The van der Waals surface area contributed by atoms with Crippen LogP contribution in [-0.2, 0) is 9.47 Å². The molecule has 4 heteroatoms. The Labute approximate surface area is 59.4 Å². The van der Waals surface area contributed by atoms with Crippen molar-refractivity contribution in [1.82, 2.24) is 0 Å². The average molecular weight is 148 g/mol. The minimum Gasteiger partial charge on any atom is -0.390 e. The van der Waals surface area contributed by atoms with Crippen molar-refractivity contribution < 1.29 is 19.7 Å². The highest BCUT2D eigenvalue weighted by molar-refractivity contribution is 4.74. The smallest absolute Gasteiger partial charge is 0.185 e. The van der Waals surface area contributed by atoms with Gasteiger partial charge in [-0.25, -0.2) is 0 Å². The number of rotatable bonds is 1. The van der Waals surface area contributed by atoms with Gasteiger partial charge in [-0.15, -0.1) is 0 Å². The van der Waals surface area contributed by atoms with Crippen LogP contribution in [0, 0.1) is 0 Å². The quantitative estimate of drug-likeness (QED) is 0.506. The molecule has 1 aliphatic heterocycles. The molecule has 1 fully saturated rings. The molecule has 4 nitrogen and oxygen atoms in total. The normalized spacial score (nSPS) is 41.7. The van der Waals surface area contributed by atoms with Gasteiger partial charge in [-0.3, -0.25) is 0 Å². The van der Waals surface area contributed by atoms with E-state index in [-0.39, 0.29) is 0 Å². The summed E-state index contributed by atoms with van der Waals surface area (Å²) in [7, 11) is 1.44. The molecule has 0 spiro atoms. The molecule has 0 amide bonds. The molecule has 1 rings (SSSR count). The Morgan fingerprint density at radius 1 is 1.50 bits per heavy atom. The molecule has 0 aliphatic carbocycles. The van der Waals surface area contributed by atoms with Gasteiger partial charge in [-0.05, 0) is 6.42 Å². The lowest BCUT2D eigenvalue weighted by Crippen LogP contribution is -2.45. The Hall–Kier alpha value is -0.160. The second kappa shape index (κ2) is 3.30. The van der Waals surface area contributed by atoms with Crippen LogP contribution in [0.2, 0.25) is 0 Å². The Bertz CT molecular complexity index is 106. The Kier molecular flexibility index (Phi) is 2.62. The predicted molar refractivity (Wildman–Crippen MR) is 33.4 cm³/mol. The molecule has 1 saturated heterocycles. The van der Waals surface area contributed by atoms with Gasteiger partial charge in [0.25, 0.3) is 0 Å². The van der Waals surface area contributed by atoms with E-state index in [1.54, 1.807) is 0 Å². The first-order valence-corrected chi connectivity index (χ1v) is 3.26. The van der Waals surface area contributed by atoms with Gasteiger partial charge in [-0.2, -0.15) is 0 Å². The van der Waals surface area contributed by atoms with Crippen LogP contribution in [0.3, 0.4) is 0 Å². The highest BCUT2D eigenvalue weighted by Gasteiger charge is 2.30. The zero-order valence-corrected chi connectivity index (χ0v) is 5.86. The average Bonchev–Trinajstić information content (AvgIpc) is 1.95. The van der Waals surface area contributed by atoms with E-state index in [1.165, 1.54) is 7.11 Å². The van der Waals surface area contributed by atoms with Crippen molar-refractivity contribution in [2.45, 2.75) is 24.9 Å². The second-order valence-electron chi connectivity index (χ2n) is 2.32. The van der Waals surface area contributed by atoms with E-state index in [1.807, 2.05) is 0 Å². The van der Waals surface area contributed by atoms with E-state index in [0.717, 1.165) is 0 Å². The third-order valence-electron chi connectivity index (χ3n) is 1.60. The highest BCUT2D eigenvalue weighted by Crippen LogP contribution is 2.14. The van der Waals surface area contributed by atoms with Crippen molar-refractivity contribution in [2.24, 2.45) is 0 Å². The van der Waals surface area contributed by atoms with Gasteiger partial charge in [0.2, 0.25) is 0 Å². The predicted octanol–water partition coefficient (Wildman–Crippen LogP) is -0.899. The van der Waals surface area contributed by atoms with Crippen molar-refractivity contribution in [2.75, 3.05) is 13.7 Å². The first-order valence-electron chi connectivity index (χ1n) is 3.26. The molecule has 0 saturated carbocycles. The molecule has 0 aromatic rings. The third kappa shape index (κ3) is 1.46. The van der Waals surface area contributed by atoms with Crippen molar-refractivity contribution >= 4 is 0 Å². The lowest BCUT2D eigenvalue weighted by atomic mass is 10.1. The van der Waals surface area contributed by atoms with Gasteiger partial charge in [0.05, 0.1) is 12.7 Å². The summed E-state index contributed by atoms with van der Waals surface area (Å²) in [4.78, 5) is 0. The molecule has 3 atom stereocenters. The first-order chi connectivity index (χ1) is 4.75. The maximum atomic E-state index is 9.14. The van der Waals surface area contributed by atoms with Crippen LogP contribution in [0.4, 0.5) is 0 Å². The van der Waals surface area contributed by atoms with Crippen molar-refractivity contribution in [3.63, 3.8) is 0 Å². The molecule has 0 aromatic heterocycles. The van der Waals surface area contributed by atoms with E-state index in [0.29, 0.717) is 13.0 Å². The monoisotopic (exact) mass is 148 g/mol. The lowest BCUT2D eigenvalue weighted by Gasteiger charge is -2.30. The molecule has 0 bridgehead atoms. The molecule has 0 unspecified atom stereocenters. The molecular weight excluding hydrogens is 136 g/mol. The van der Waals surface area contributed by atoms with Crippen molar-refractivity contribution in [3.05, 3.63) is 0 Å². The summed E-state index contributed by atoms with van der Waals surface area (Å²) >= 11 is 0. The molecule has 1 aliphatic rings. The lowest BCUT2D eigenvalue weighted by molar-refractivity contribution is -0.232. The third-order valence-corrected chi connectivity index (χ3v) is 1.60. The van der Waals surface area contributed by atoms with E-state index in [2.05, 4.69) is 0 Å². The van der Waals surface area contributed by atoms with Gasteiger partial charge < -0.3 is 19.7 Å². The molecule has 0 aromatic carbocycles. The fraction of sp³-hybridized carbons (Fsp3) is 1.00. The molecule has 60 valence electrons. The number of aliphatic hydroxyl groups excluding tert-OH is 2. The maximum absolute atomic E-state index is 9.14. The van der Waals surface area contributed by atoms with Crippen LogP contribution in [0.1, 0.15) is 6.42 Å². The summed E-state index contributed by atoms with van der Waals surface area (Å²) in [5.74, 6) is 0. The fourth-order valence-electron chi connectivity index (χ4n) is 0.963. The van der Waals surface area contributed by atoms with Gasteiger partial charge in [0, 0.05) is 7.11 Å². The van der Waals surface area contributed by atoms with Crippen LogP contribution >= 0.6 is 0 Å². The molecule has 2 N–H and O–H groups in total. The number of hydrogen-bond donors (Lipinski definition) is 2. The topological polar surface area (TPSA) is 58.9 Å². The van der Waals surface area contributed by atoms with Crippen LogP contribution in [0.5, 0.6) is 0 Å². The van der Waals surface area contributed by atoms with Crippen LogP contribution < -0.4 is 0 Å². The van der Waals surface area contributed by atoms with Crippen molar-refractivity contribution in [1.29, 1.82) is 0 Å². The van der Waals surface area contributed by atoms with E-state index in [9.17, 15) is 0 Å². The highest BCUT2D eigenvalue weighted by atomic mass is 16.7. The van der Waals surface area contributed by atoms with E-state index >= 15 is 0 Å². The largest absolute Gasteiger partial charge is 0.390 e. The molecule has 10 heavy (non-hydrogen) atoms. The number of methoxy groups -OCH3 is 1. The standard InChI is InChI=1S/C6H12O4/c1-9-6-5(8)4(7)2-3-10-6/h4-8H,2-3H2,1H3/t4-,5+,6+/m0/s1. The first kappa shape index (κ1) is 7.94. The minimum atomic E-state index is -0.904. The summed E-state index contributed by atoms with van der Waals surface area (Å²) in [6.45, 7) is 0.441. The summed E-state index contributed by atoms with van der Waals surface area (Å²) in [6.07, 6.45) is -1.80. The van der Waals surface area contributed by atoms with Gasteiger partial charge in [0.15, 0.2) is 6.29 Å². The Balaban J connectivity index is 2.42. The SMILES string of the molecule is CO[C@@H]1OCC[C@H](O)[C@H]1O. The van der Waals surface area contributed by atoms with Gasteiger partial charge in [-0.1, -0.05) is 0 Å². The Morgan fingerprint density at radius 3 is 2.70 bits per heavy atom. The summed E-state index contributed by atoms with van der Waals surface area (Å²) < 4.78 is 9.72. The molecule has 1 heterocycles. The van der Waals surface area contributed by atoms with Crippen LogP contribution in [0.25, 0.3) is 0 Å². The van der Waals surface area contributed by atoms with E-state index in [4.69, 9.17) is 19.7 Å². The van der Waals surface area contributed by atoms with Crippen LogP contribution in [0.15, 0.2) is 0 Å². The molecule has 0 radical (unpaired) electrons. The zero-order chi connectivity index (χ0) is 7.56. The van der Waals surface area contributed by atoms with Gasteiger partial charge >= 0.3 is 0 Å². The summed E-state index contributed by atoms with van der Waals surface area (Å²) in [6, 6.07) is 0. The maximum Gasteiger partial charge on any atom is 0.185 e. The zero-order valence-electron chi connectivity index (χ0n) is 5.86.